The van der Waals surface area contributed by atoms with E-state index in [-0.39, 0.29) is 97.5 Å². The van der Waals surface area contributed by atoms with Crippen LogP contribution in [0.25, 0.3) is 10.1 Å². The molecule has 0 aliphatic carbocycles. The van der Waals surface area contributed by atoms with Gasteiger partial charge in [-0.25, -0.2) is 4.39 Å². The minimum Gasteiger partial charge on any atom is -0.370 e. The highest BCUT2D eigenvalue weighted by molar-refractivity contribution is 7.52. The largest absolute Gasteiger partial charge is 0.399 e. The summed E-state index contributed by atoms with van der Waals surface area (Å²) in [7, 11) is -5.89. The lowest BCUT2D eigenvalue weighted by molar-refractivity contribution is -0.152. The van der Waals surface area contributed by atoms with E-state index in [9.17, 15) is 61.1 Å². The van der Waals surface area contributed by atoms with Gasteiger partial charge in [0.05, 0.1) is 23.1 Å². The Balaban J connectivity index is 0.866. The lowest BCUT2D eigenvalue weighted by Crippen LogP contribution is -2.61. The van der Waals surface area contributed by atoms with E-state index in [4.69, 9.17) is 16.3 Å². The maximum absolute atomic E-state index is 14.9. The third-order valence-corrected chi connectivity index (χ3v) is 16.7. The number of rotatable bonds is 12. The number of ether oxygens (including phenoxy) is 1. The van der Waals surface area contributed by atoms with Crippen LogP contribution in [-0.4, -0.2) is 128 Å². The van der Waals surface area contributed by atoms with Gasteiger partial charge in [-0.05, 0) is 97.5 Å². The van der Waals surface area contributed by atoms with E-state index in [0.717, 1.165) is 29.0 Å². The smallest absolute Gasteiger partial charge is 0.370 e. The summed E-state index contributed by atoms with van der Waals surface area (Å²) in [5.41, 5.74) is -3.02. The first kappa shape index (κ1) is 52.7. The standard InChI is InChI=1S/C51H51ClF3N6O11PS/c52-36-24-30(11-14-37(36)53)41-28-59(21-22-72-41)50(68)40-15-13-33-19-20-58(27-38(49(67)61(33)40)56-47(65)43-25-31-23-32(12-17-42(31)74-43)51(54,55)73(69,70)71)45(63)10-5-3-1-2-4-7-29-8-6-9-34-35(29)26-60(48(34)66)39-16-18-44(62)57-46(39)64/h6,8-9,11-12,14,17,23-25,33,38-41H,1-3,5,10,13,15-16,18-22,26-28H2,(H,56,65)(H,57,62,64)(H2,69,70,71)/t33-,38+,39?,40+,41?/m1/s1. The predicted octanol–water partition coefficient (Wildman–Crippen LogP) is 5.97. The van der Waals surface area contributed by atoms with Gasteiger partial charge in [-0.2, -0.15) is 8.78 Å². The molecule has 5 aliphatic rings. The van der Waals surface area contributed by atoms with Gasteiger partial charge in [-0.3, -0.25) is 43.4 Å². The van der Waals surface area contributed by atoms with Crippen molar-refractivity contribution in [2.75, 3.05) is 32.8 Å². The SMILES string of the molecule is O=C1CCC(N2Cc3c(C#CCCCCCC(=O)N4CC[C@H]5CC[C@@H](C(=O)N6CCOC(c7ccc(F)c(Cl)c7)C6)N5C(=O)[C@@H](NC(=O)c5cc6cc(C(F)(F)P(=O)(O)O)ccc6s5)C4)cccc3C2=O)C(=O)N1. The molecule has 4 saturated heterocycles. The second-order valence-corrected chi connectivity index (χ2v) is 22.1. The number of nitrogens with zero attached hydrogens (tertiary/aromatic N) is 4. The van der Waals surface area contributed by atoms with Crippen molar-refractivity contribution < 1.29 is 65.8 Å². The topological polar surface area (TPSA) is 223 Å². The molecular weight excluding hydrogens is 1030 g/mol. The van der Waals surface area contributed by atoms with Crippen LogP contribution in [0.2, 0.25) is 5.02 Å². The van der Waals surface area contributed by atoms with Crippen molar-refractivity contribution in [1.82, 2.24) is 30.2 Å². The van der Waals surface area contributed by atoms with Gasteiger partial charge in [0.15, 0.2) is 0 Å². The van der Waals surface area contributed by atoms with E-state index in [1.54, 1.807) is 17.0 Å². The number of carbonyl (C=O) groups is 7. The number of hydrogen-bond donors (Lipinski definition) is 4. The number of nitrogens with one attached hydrogen (secondary N) is 2. The van der Waals surface area contributed by atoms with Crippen molar-refractivity contribution in [3.05, 3.63) is 104 Å². The fraction of sp³-hybridized carbons (Fsp3) is 0.431. The molecule has 5 atom stereocenters. The maximum atomic E-state index is 14.9. The molecule has 0 saturated carbocycles. The van der Waals surface area contributed by atoms with Crippen LogP contribution < -0.4 is 10.6 Å². The first-order valence-electron chi connectivity index (χ1n) is 24.3. The molecule has 0 spiro atoms. The van der Waals surface area contributed by atoms with Crippen molar-refractivity contribution in [2.45, 2.75) is 107 Å². The zero-order chi connectivity index (χ0) is 52.6. The van der Waals surface area contributed by atoms with Crippen LogP contribution in [0.4, 0.5) is 13.2 Å². The molecule has 9 rings (SSSR count). The zero-order valence-electron chi connectivity index (χ0n) is 39.7. The molecule has 0 radical (unpaired) electrons. The molecule has 6 heterocycles. The molecule has 1 aromatic heterocycles. The lowest BCUT2D eigenvalue weighted by atomic mass is 10.0. The predicted molar refractivity (Wildman–Crippen MR) is 263 cm³/mol. The zero-order valence-corrected chi connectivity index (χ0v) is 42.2. The number of morpholine rings is 1. The summed E-state index contributed by atoms with van der Waals surface area (Å²) in [6.07, 6.45) is 3.25. The number of carbonyl (C=O) groups excluding carboxylic acids is 7. The molecule has 23 heteroatoms. The van der Waals surface area contributed by atoms with Crippen LogP contribution in [0.3, 0.4) is 0 Å². The molecule has 7 amide bonds. The van der Waals surface area contributed by atoms with Crippen molar-refractivity contribution >= 4 is 82.0 Å². The second kappa shape index (κ2) is 21.6. The number of imide groups is 1. The molecule has 4 aromatic rings. The van der Waals surface area contributed by atoms with Crippen LogP contribution in [-0.2, 0) is 45.5 Å². The fourth-order valence-corrected chi connectivity index (χ4v) is 12.0. The summed E-state index contributed by atoms with van der Waals surface area (Å²) < 4.78 is 61.2. The second-order valence-electron chi connectivity index (χ2n) is 19.0. The Morgan fingerprint density at radius 2 is 1.76 bits per heavy atom. The van der Waals surface area contributed by atoms with Crippen LogP contribution >= 0.6 is 30.5 Å². The highest BCUT2D eigenvalue weighted by atomic mass is 35.5. The summed E-state index contributed by atoms with van der Waals surface area (Å²) in [6.45, 7) is 0.665. The average molecular weight is 1080 g/mol. The number of piperidine rings is 1. The highest BCUT2D eigenvalue weighted by Crippen LogP contribution is 2.59. The van der Waals surface area contributed by atoms with E-state index < -0.39 is 72.6 Å². The van der Waals surface area contributed by atoms with E-state index in [1.807, 2.05) is 6.07 Å². The van der Waals surface area contributed by atoms with E-state index in [1.165, 1.54) is 45.0 Å². The van der Waals surface area contributed by atoms with Crippen LogP contribution in [0.15, 0.2) is 60.7 Å². The molecule has 74 heavy (non-hydrogen) atoms. The summed E-state index contributed by atoms with van der Waals surface area (Å²) >= 11 is 6.96. The quantitative estimate of drug-likeness (QED) is 0.0560. The molecular formula is C51H51ClF3N6O11PS. The Labute approximate surface area is 431 Å². The molecule has 2 unspecified atom stereocenters. The third-order valence-electron chi connectivity index (χ3n) is 14.3. The molecule has 3 aromatic carbocycles. The normalized spacial score (nSPS) is 22.4. The molecule has 17 nitrogen and oxygen atoms in total. The molecule has 0 bridgehead atoms. The number of alkyl halides is 2. The van der Waals surface area contributed by atoms with E-state index >= 15 is 0 Å². The minimum atomic E-state index is -5.89. The van der Waals surface area contributed by atoms with Crippen LogP contribution in [0, 0.1) is 17.7 Å². The number of fused-ring (bicyclic) bond motifs is 3. The Morgan fingerprint density at radius 1 is 0.946 bits per heavy atom. The van der Waals surface area contributed by atoms with E-state index in [0.29, 0.717) is 66.3 Å². The number of amides is 7. The van der Waals surface area contributed by atoms with Gasteiger partial charge in [0.1, 0.15) is 30.0 Å². The monoisotopic (exact) mass is 1080 g/mol. The van der Waals surface area contributed by atoms with Gasteiger partial charge < -0.3 is 39.4 Å². The van der Waals surface area contributed by atoms with Gasteiger partial charge in [-0.15, -0.1) is 11.3 Å². The van der Waals surface area contributed by atoms with Gasteiger partial charge in [0.2, 0.25) is 29.5 Å². The van der Waals surface area contributed by atoms with Crippen molar-refractivity contribution in [3.63, 3.8) is 0 Å². The number of halogens is 4. The maximum Gasteiger partial charge on any atom is 0.399 e. The first-order valence-corrected chi connectivity index (χ1v) is 27.1. The van der Waals surface area contributed by atoms with Crippen molar-refractivity contribution in [3.8, 4) is 11.8 Å². The Kier molecular flexibility index (Phi) is 15.4. The Hall–Kier alpha value is -6.14. The third kappa shape index (κ3) is 10.8. The molecule has 4 N–H and O–H groups in total. The number of unbranched alkanes of at least 4 members (excludes halogenated alkanes) is 3. The van der Waals surface area contributed by atoms with Crippen LogP contribution in [0.1, 0.15) is 113 Å². The fourth-order valence-electron chi connectivity index (χ4n) is 10.4. The van der Waals surface area contributed by atoms with Gasteiger partial charge in [0.25, 0.3) is 11.8 Å². The summed E-state index contributed by atoms with van der Waals surface area (Å²) in [5.74, 6) is 2.60. The first-order chi connectivity index (χ1) is 35.3. The van der Waals surface area contributed by atoms with Crippen molar-refractivity contribution in [2.24, 2.45) is 0 Å². The highest BCUT2D eigenvalue weighted by Gasteiger charge is 2.51. The lowest BCUT2D eigenvalue weighted by Gasteiger charge is -2.41. The van der Waals surface area contributed by atoms with Crippen molar-refractivity contribution in [1.29, 1.82) is 0 Å². The number of hydrogen-bond acceptors (Lipinski definition) is 10. The Morgan fingerprint density at radius 3 is 2.53 bits per heavy atom. The number of benzene rings is 3. The summed E-state index contributed by atoms with van der Waals surface area (Å²) in [5, 5.41) is 5.07. The minimum absolute atomic E-state index is 0.00216. The summed E-state index contributed by atoms with van der Waals surface area (Å²) in [4.78, 5) is 119. The van der Waals surface area contributed by atoms with E-state index in [2.05, 4.69) is 22.5 Å². The molecule has 5 aliphatic heterocycles. The molecule has 390 valence electrons. The van der Waals surface area contributed by atoms with Gasteiger partial charge in [-0.1, -0.05) is 48.1 Å². The average Bonchev–Trinajstić information content (AvgIpc) is 4.10. The van der Waals surface area contributed by atoms with Crippen LogP contribution in [0.5, 0.6) is 0 Å². The molecule has 4 fully saturated rings. The number of thiophene rings is 1. The summed E-state index contributed by atoms with van der Waals surface area (Å²) in [6, 6.07) is 10.2. The Bertz CT molecular complexity index is 3070. The van der Waals surface area contributed by atoms with Gasteiger partial charge in [0, 0.05) is 72.9 Å². The van der Waals surface area contributed by atoms with Gasteiger partial charge >= 0.3 is 13.3 Å².